The summed E-state index contributed by atoms with van der Waals surface area (Å²) in [6.07, 6.45) is 0.707. The van der Waals surface area contributed by atoms with Crippen LogP contribution in [0.2, 0.25) is 5.02 Å². The Morgan fingerprint density at radius 2 is 1.95 bits per heavy atom. The molecule has 0 spiro atoms. The van der Waals surface area contributed by atoms with Crippen molar-refractivity contribution >= 4 is 43.5 Å². The van der Waals surface area contributed by atoms with Crippen LogP contribution in [0, 0.1) is 0 Å². The summed E-state index contributed by atoms with van der Waals surface area (Å²) in [6.45, 7) is 0. The Kier molecular flexibility index (Phi) is 5.49. The molecule has 0 bridgehead atoms. The van der Waals surface area contributed by atoms with Gasteiger partial charge in [-0.1, -0.05) is 33.6 Å². The van der Waals surface area contributed by atoms with Crippen molar-refractivity contribution in [3.05, 3.63) is 61.5 Å². The molecule has 20 heavy (non-hydrogen) atoms. The van der Waals surface area contributed by atoms with Crippen LogP contribution in [-0.4, -0.2) is 7.11 Å². The van der Waals surface area contributed by atoms with Gasteiger partial charge < -0.3 is 10.5 Å². The zero-order valence-electron chi connectivity index (χ0n) is 10.9. The Bertz CT molecular complexity index is 619. The molecule has 1 atom stereocenters. The van der Waals surface area contributed by atoms with Crippen molar-refractivity contribution in [1.29, 1.82) is 0 Å². The highest BCUT2D eigenvalue weighted by atomic mass is 79.9. The predicted octanol–water partition coefficient (Wildman–Crippen LogP) is 5.12. The summed E-state index contributed by atoms with van der Waals surface area (Å²) >= 11 is 13.1. The van der Waals surface area contributed by atoms with Crippen LogP contribution in [0.4, 0.5) is 0 Å². The van der Waals surface area contributed by atoms with E-state index in [0.29, 0.717) is 11.4 Å². The Hall–Kier alpha value is -0.550. The number of hydrogen-bond donors (Lipinski definition) is 1. The average molecular weight is 420 g/mol. The quantitative estimate of drug-likeness (QED) is 0.747. The summed E-state index contributed by atoms with van der Waals surface area (Å²) in [6, 6.07) is 11.5. The van der Waals surface area contributed by atoms with Crippen molar-refractivity contribution in [2.24, 2.45) is 5.73 Å². The molecule has 1 unspecified atom stereocenters. The van der Waals surface area contributed by atoms with E-state index in [0.717, 1.165) is 25.8 Å². The maximum atomic E-state index is 6.27. The fourth-order valence-electron chi connectivity index (χ4n) is 2.00. The molecule has 106 valence electrons. The van der Waals surface area contributed by atoms with Crippen molar-refractivity contribution in [2.45, 2.75) is 12.5 Å². The summed E-state index contributed by atoms with van der Waals surface area (Å²) in [5.74, 6) is 0.808. The molecular formula is C15H14Br2ClNO. The summed E-state index contributed by atoms with van der Waals surface area (Å²) in [7, 11) is 1.65. The second kappa shape index (κ2) is 6.94. The number of benzene rings is 2. The molecule has 0 saturated carbocycles. The van der Waals surface area contributed by atoms with E-state index in [1.54, 1.807) is 7.11 Å². The van der Waals surface area contributed by atoms with E-state index in [4.69, 9.17) is 22.1 Å². The highest BCUT2D eigenvalue weighted by Crippen LogP contribution is 2.30. The molecule has 0 aliphatic heterocycles. The zero-order chi connectivity index (χ0) is 14.7. The lowest BCUT2D eigenvalue weighted by molar-refractivity contribution is 0.412. The van der Waals surface area contributed by atoms with Crippen molar-refractivity contribution in [2.75, 3.05) is 7.11 Å². The molecule has 0 aliphatic carbocycles. The number of nitrogens with two attached hydrogens (primary N) is 1. The van der Waals surface area contributed by atoms with Crippen molar-refractivity contribution < 1.29 is 4.74 Å². The van der Waals surface area contributed by atoms with Gasteiger partial charge in [-0.25, -0.2) is 0 Å². The van der Waals surface area contributed by atoms with E-state index in [9.17, 15) is 0 Å². The molecule has 2 N–H and O–H groups in total. The second-order valence-corrected chi connectivity index (χ2v) is 6.62. The molecule has 0 saturated heterocycles. The maximum Gasteiger partial charge on any atom is 0.133 e. The van der Waals surface area contributed by atoms with Gasteiger partial charge in [-0.15, -0.1) is 0 Å². The van der Waals surface area contributed by atoms with Gasteiger partial charge in [0, 0.05) is 15.5 Å². The lowest BCUT2D eigenvalue weighted by Crippen LogP contribution is -2.14. The molecule has 2 rings (SSSR count). The van der Waals surface area contributed by atoms with Gasteiger partial charge in [-0.3, -0.25) is 0 Å². The van der Waals surface area contributed by atoms with E-state index in [-0.39, 0.29) is 6.04 Å². The average Bonchev–Trinajstić information content (AvgIpc) is 2.41. The van der Waals surface area contributed by atoms with Crippen LogP contribution >= 0.6 is 43.5 Å². The van der Waals surface area contributed by atoms with Crippen LogP contribution < -0.4 is 10.5 Å². The molecule has 2 aromatic carbocycles. The van der Waals surface area contributed by atoms with E-state index in [1.165, 1.54) is 0 Å². The van der Waals surface area contributed by atoms with E-state index < -0.39 is 0 Å². The molecule has 2 nitrogen and oxygen atoms in total. The molecule has 0 fully saturated rings. The molecular weight excluding hydrogens is 405 g/mol. The zero-order valence-corrected chi connectivity index (χ0v) is 14.8. The van der Waals surface area contributed by atoms with E-state index in [1.807, 2.05) is 36.4 Å². The highest BCUT2D eigenvalue weighted by Gasteiger charge is 2.12. The third-order valence-corrected chi connectivity index (χ3v) is 4.49. The van der Waals surface area contributed by atoms with Gasteiger partial charge in [0.25, 0.3) is 0 Å². The summed E-state index contributed by atoms with van der Waals surface area (Å²) in [4.78, 5) is 0. The Balaban J connectivity index is 2.21. The van der Waals surface area contributed by atoms with Gasteiger partial charge in [0.1, 0.15) is 5.75 Å². The Morgan fingerprint density at radius 3 is 2.60 bits per heavy atom. The van der Waals surface area contributed by atoms with Gasteiger partial charge >= 0.3 is 0 Å². The van der Waals surface area contributed by atoms with Crippen LogP contribution in [0.5, 0.6) is 5.75 Å². The Morgan fingerprint density at radius 1 is 1.20 bits per heavy atom. The van der Waals surface area contributed by atoms with Gasteiger partial charge in [0.15, 0.2) is 0 Å². The minimum atomic E-state index is -0.153. The van der Waals surface area contributed by atoms with Gasteiger partial charge in [-0.05, 0) is 63.8 Å². The van der Waals surface area contributed by atoms with Crippen molar-refractivity contribution in [3.63, 3.8) is 0 Å². The SMILES string of the molecule is COc1ccc(CC(N)c2cc(Br)ccc2Cl)cc1Br. The third-order valence-electron chi connectivity index (χ3n) is 3.03. The molecule has 5 heteroatoms. The lowest BCUT2D eigenvalue weighted by Gasteiger charge is -2.15. The van der Waals surface area contributed by atoms with Crippen LogP contribution in [0.1, 0.15) is 17.2 Å². The lowest BCUT2D eigenvalue weighted by atomic mass is 9.99. The topological polar surface area (TPSA) is 35.2 Å². The first-order valence-corrected chi connectivity index (χ1v) is 8.00. The van der Waals surface area contributed by atoms with E-state index >= 15 is 0 Å². The third kappa shape index (κ3) is 3.76. The number of methoxy groups -OCH3 is 1. The predicted molar refractivity (Wildman–Crippen MR) is 90.5 cm³/mol. The maximum absolute atomic E-state index is 6.27. The molecule has 0 aromatic heterocycles. The molecule has 0 radical (unpaired) electrons. The van der Waals surface area contributed by atoms with Gasteiger partial charge in [0.2, 0.25) is 0 Å². The van der Waals surface area contributed by atoms with Crippen LogP contribution in [0.15, 0.2) is 45.3 Å². The Labute approximate surface area is 140 Å². The molecule has 0 aliphatic rings. The fourth-order valence-corrected chi connectivity index (χ4v) is 3.22. The number of hydrogen-bond acceptors (Lipinski definition) is 2. The molecule has 2 aromatic rings. The number of rotatable bonds is 4. The minimum absolute atomic E-state index is 0.153. The summed E-state index contributed by atoms with van der Waals surface area (Å²) < 4.78 is 7.12. The minimum Gasteiger partial charge on any atom is -0.496 e. The first-order valence-electron chi connectivity index (χ1n) is 6.04. The van der Waals surface area contributed by atoms with Crippen LogP contribution in [0.3, 0.4) is 0 Å². The fraction of sp³-hybridized carbons (Fsp3) is 0.200. The summed E-state index contributed by atoms with van der Waals surface area (Å²) in [5, 5.41) is 0.688. The van der Waals surface area contributed by atoms with Crippen LogP contribution in [-0.2, 0) is 6.42 Å². The van der Waals surface area contributed by atoms with Crippen molar-refractivity contribution in [1.82, 2.24) is 0 Å². The van der Waals surface area contributed by atoms with Gasteiger partial charge in [0.05, 0.1) is 11.6 Å². The number of ether oxygens (including phenoxy) is 1. The van der Waals surface area contributed by atoms with Crippen LogP contribution in [0.25, 0.3) is 0 Å². The monoisotopic (exact) mass is 417 g/mol. The first-order chi connectivity index (χ1) is 9.51. The van der Waals surface area contributed by atoms with Gasteiger partial charge in [-0.2, -0.15) is 0 Å². The summed E-state index contributed by atoms with van der Waals surface area (Å²) in [5.41, 5.74) is 8.33. The first kappa shape index (κ1) is 15.8. The van der Waals surface area contributed by atoms with Crippen molar-refractivity contribution in [3.8, 4) is 5.75 Å². The van der Waals surface area contributed by atoms with E-state index in [2.05, 4.69) is 31.9 Å². The number of halogens is 3. The second-order valence-electron chi connectivity index (χ2n) is 4.45. The highest BCUT2D eigenvalue weighted by molar-refractivity contribution is 9.10. The molecule has 0 heterocycles. The normalized spacial score (nSPS) is 12.2. The smallest absolute Gasteiger partial charge is 0.133 e. The standard InChI is InChI=1S/C15H14Br2ClNO/c1-20-15-5-2-9(6-12(15)17)7-14(19)11-8-10(16)3-4-13(11)18/h2-6,8,14H,7,19H2,1H3. The largest absolute Gasteiger partial charge is 0.496 e. The molecule has 0 amide bonds.